The summed E-state index contributed by atoms with van der Waals surface area (Å²) < 4.78 is 27.3. The molecule has 1 N–H and O–H groups in total. The van der Waals surface area contributed by atoms with Gasteiger partial charge >= 0.3 is 0 Å². The molecule has 0 amide bonds. The van der Waals surface area contributed by atoms with Gasteiger partial charge in [-0.05, 0) is 54.2 Å². The largest absolute Gasteiger partial charge is 0.396 e. The lowest BCUT2D eigenvalue weighted by Crippen LogP contribution is -2.14. The van der Waals surface area contributed by atoms with E-state index in [1.165, 1.54) is 18.2 Å². The summed E-state index contributed by atoms with van der Waals surface area (Å²) in [4.78, 5) is 0. The van der Waals surface area contributed by atoms with Crippen LogP contribution in [0.25, 0.3) is 0 Å². The summed E-state index contributed by atoms with van der Waals surface area (Å²) in [5.41, 5.74) is 1.51. The SMILES string of the molecule is OCC(Cc1ccc(F)cc1)Cc1ccc(Br)cc1F. The molecule has 1 nitrogen and oxygen atoms in total. The molecule has 0 bridgehead atoms. The Morgan fingerprint density at radius 2 is 1.70 bits per heavy atom. The van der Waals surface area contributed by atoms with Crippen molar-refractivity contribution < 1.29 is 13.9 Å². The first-order chi connectivity index (χ1) is 9.58. The van der Waals surface area contributed by atoms with Crippen molar-refractivity contribution in [3.05, 3.63) is 69.7 Å². The molecule has 0 fully saturated rings. The van der Waals surface area contributed by atoms with E-state index in [1.807, 2.05) is 0 Å². The minimum atomic E-state index is -0.284. The van der Waals surface area contributed by atoms with Crippen LogP contribution in [0.5, 0.6) is 0 Å². The van der Waals surface area contributed by atoms with Crippen molar-refractivity contribution in [3.63, 3.8) is 0 Å². The highest BCUT2D eigenvalue weighted by Crippen LogP contribution is 2.20. The molecule has 0 aliphatic carbocycles. The second kappa shape index (κ2) is 6.95. The third kappa shape index (κ3) is 4.12. The van der Waals surface area contributed by atoms with Crippen LogP contribution in [0.15, 0.2) is 46.9 Å². The average Bonchev–Trinajstić information content (AvgIpc) is 2.43. The van der Waals surface area contributed by atoms with Crippen LogP contribution in [0.3, 0.4) is 0 Å². The van der Waals surface area contributed by atoms with E-state index >= 15 is 0 Å². The van der Waals surface area contributed by atoms with Crippen molar-refractivity contribution in [1.82, 2.24) is 0 Å². The number of hydrogen-bond acceptors (Lipinski definition) is 1. The van der Waals surface area contributed by atoms with Gasteiger partial charge in [0.2, 0.25) is 0 Å². The number of halogens is 3. The molecule has 106 valence electrons. The van der Waals surface area contributed by atoms with E-state index in [9.17, 15) is 13.9 Å². The lowest BCUT2D eigenvalue weighted by atomic mass is 9.93. The molecule has 2 aromatic rings. The van der Waals surface area contributed by atoms with Crippen molar-refractivity contribution in [1.29, 1.82) is 0 Å². The van der Waals surface area contributed by atoms with Crippen molar-refractivity contribution in [3.8, 4) is 0 Å². The summed E-state index contributed by atoms with van der Waals surface area (Å²) in [7, 11) is 0. The summed E-state index contributed by atoms with van der Waals surface area (Å²) >= 11 is 3.22. The van der Waals surface area contributed by atoms with E-state index in [2.05, 4.69) is 15.9 Å². The smallest absolute Gasteiger partial charge is 0.127 e. The number of aliphatic hydroxyl groups excluding tert-OH is 1. The maximum Gasteiger partial charge on any atom is 0.127 e. The number of aliphatic hydroxyl groups is 1. The highest BCUT2D eigenvalue weighted by Gasteiger charge is 2.13. The van der Waals surface area contributed by atoms with Crippen molar-refractivity contribution in [2.24, 2.45) is 5.92 Å². The van der Waals surface area contributed by atoms with Gasteiger partial charge in [-0.25, -0.2) is 8.78 Å². The fourth-order valence-corrected chi connectivity index (χ4v) is 2.49. The van der Waals surface area contributed by atoms with Gasteiger partial charge in [0.15, 0.2) is 0 Å². The third-order valence-corrected chi connectivity index (χ3v) is 3.71. The Morgan fingerprint density at radius 1 is 1.00 bits per heavy atom. The van der Waals surface area contributed by atoms with Gasteiger partial charge in [-0.3, -0.25) is 0 Å². The van der Waals surface area contributed by atoms with E-state index in [1.54, 1.807) is 24.3 Å². The third-order valence-electron chi connectivity index (χ3n) is 3.22. The summed E-state index contributed by atoms with van der Waals surface area (Å²) in [6.07, 6.45) is 1.04. The second-order valence-corrected chi connectivity index (χ2v) is 5.73. The number of rotatable bonds is 5. The van der Waals surface area contributed by atoms with Gasteiger partial charge in [-0.1, -0.05) is 34.1 Å². The zero-order valence-corrected chi connectivity index (χ0v) is 12.4. The van der Waals surface area contributed by atoms with Gasteiger partial charge in [0.1, 0.15) is 11.6 Å². The average molecular weight is 341 g/mol. The first-order valence-corrected chi connectivity index (χ1v) is 7.17. The summed E-state index contributed by atoms with van der Waals surface area (Å²) in [6, 6.07) is 11.1. The quantitative estimate of drug-likeness (QED) is 0.867. The fourth-order valence-electron chi connectivity index (χ4n) is 2.15. The lowest BCUT2D eigenvalue weighted by molar-refractivity contribution is 0.224. The molecule has 0 aromatic heterocycles. The van der Waals surface area contributed by atoms with Gasteiger partial charge in [0, 0.05) is 11.1 Å². The maximum atomic E-state index is 13.8. The predicted octanol–water partition coefficient (Wildman–Crippen LogP) is 4.12. The molecule has 0 radical (unpaired) electrons. The Bertz CT molecular complexity index is 569. The number of hydrogen-bond donors (Lipinski definition) is 1. The zero-order valence-electron chi connectivity index (χ0n) is 10.8. The van der Waals surface area contributed by atoms with Gasteiger partial charge in [-0.2, -0.15) is 0 Å². The highest BCUT2D eigenvalue weighted by atomic mass is 79.9. The van der Waals surface area contributed by atoms with Gasteiger partial charge in [0.25, 0.3) is 0 Å². The standard InChI is InChI=1S/C16H15BrF2O/c17-14-4-3-13(16(19)9-14)8-12(10-20)7-11-1-5-15(18)6-2-11/h1-6,9,12,20H,7-8,10H2. The van der Waals surface area contributed by atoms with Crippen molar-refractivity contribution in [2.75, 3.05) is 6.61 Å². The van der Waals surface area contributed by atoms with Crippen LogP contribution >= 0.6 is 15.9 Å². The van der Waals surface area contributed by atoms with E-state index in [-0.39, 0.29) is 24.2 Å². The highest BCUT2D eigenvalue weighted by molar-refractivity contribution is 9.10. The van der Waals surface area contributed by atoms with E-state index in [4.69, 9.17) is 0 Å². The molecule has 2 rings (SSSR count). The van der Waals surface area contributed by atoms with Crippen LogP contribution < -0.4 is 0 Å². The first kappa shape index (κ1) is 15.1. The Balaban J connectivity index is 2.07. The molecule has 20 heavy (non-hydrogen) atoms. The molecular formula is C16H15BrF2O. The van der Waals surface area contributed by atoms with E-state index in [0.717, 1.165) is 5.56 Å². The molecule has 0 spiro atoms. The predicted molar refractivity (Wildman–Crippen MR) is 78.5 cm³/mol. The topological polar surface area (TPSA) is 20.2 Å². The first-order valence-electron chi connectivity index (χ1n) is 6.37. The van der Waals surface area contributed by atoms with Crippen LogP contribution in [-0.2, 0) is 12.8 Å². The van der Waals surface area contributed by atoms with Crippen LogP contribution in [0.2, 0.25) is 0 Å². The summed E-state index contributed by atoms with van der Waals surface area (Å²) in [5, 5.41) is 9.44. The van der Waals surface area contributed by atoms with Crippen LogP contribution in [0.1, 0.15) is 11.1 Å². The lowest BCUT2D eigenvalue weighted by Gasteiger charge is -2.15. The molecule has 1 unspecified atom stereocenters. The molecule has 0 aliphatic rings. The van der Waals surface area contributed by atoms with Gasteiger partial charge in [0.05, 0.1) is 0 Å². The summed E-state index contributed by atoms with van der Waals surface area (Å²) in [6.45, 7) is -0.0348. The van der Waals surface area contributed by atoms with Crippen LogP contribution in [0, 0.1) is 17.6 Å². The van der Waals surface area contributed by atoms with Gasteiger partial charge < -0.3 is 5.11 Å². The monoisotopic (exact) mass is 340 g/mol. The molecule has 0 saturated carbocycles. The fraction of sp³-hybridized carbons (Fsp3) is 0.250. The minimum absolute atomic E-state index is 0.0348. The summed E-state index contributed by atoms with van der Waals surface area (Å²) in [5.74, 6) is -0.652. The molecule has 0 aliphatic heterocycles. The zero-order chi connectivity index (χ0) is 14.5. The Kier molecular flexibility index (Phi) is 5.26. The van der Waals surface area contributed by atoms with Crippen LogP contribution in [0.4, 0.5) is 8.78 Å². The van der Waals surface area contributed by atoms with E-state index < -0.39 is 0 Å². The molecule has 0 saturated heterocycles. The molecule has 0 heterocycles. The van der Waals surface area contributed by atoms with Gasteiger partial charge in [-0.15, -0.1) is 0 Å². The van der Waals surface area contributed by atoms with Crippen molar-refractivity contribution in [2.45, 2.75) is 12.8 Å². The second-order valence-electron chi connectivity index (χ2n) is 4.82. The Hall–Kier alpha value is -1.26. The van der Waals surface area contributed by atoms with Crippen LogP contribution in [-0.4, -0.2) is 11.7 Å². The maximum absolute atomic E-state index is 13.8. The normalized spacial score (nSPS) is 12.4. The van der Waals surface area contributed by atoms with Crippen molar-refractivity contribution >= 4 is 15.9 Å². The molecule has 4 heteroatoms. The minimum Gasteiger partial charge on any atom is -0.396 e. The Morgan fingerprint density at radius 3 is 2.30 bits per heavy atom. The molecular weight excluding hydrogens is 326 g/mol. The molecule has 2 aromatic carbocycles. The Labute approximate surface area is 125 Å². The van der Waals surface area contributed by atoms with E-state index in [0.29, 0.717) is 22.9 Å². The molecule has 1 atom stereocenters. The number of benzene rings is 2.